The molecule has 3 rings (SSSR count). The highest BCUT2D eigenvalue weighted by atomic mass is 16.5. The molecule has 0 saturated heterocycles. The summed E-state index contributed by atoms with van der Waals surface area (Å²) in [7, 11) is 0. The average molecular weight is 310 g/mol. The molecule has 0 unspecified atom stereocenters. The van der Waals surface area contributed by atoms with Gasteiger partial charge in [-0.15, -0.1) is 10.2 Å². The molecule has 0 fully saturated rings. The van der Waals surface area contributed by atoms with Crippen molar-refractivity contribution in [3.05, 3.63) is 48.5 Å². The third-order valence-corrected chi connectivity index (χ3v) is 3.21. The van der Waals surface area contributed by atoms with Crippen molar-refractivity contribution in [3.63, 3.8) is 0 Å². The van der Waals surface area contributed by atoms with Gasteiger partial charge in [0.05, 0.1) is 13.2 Å². The molecule has 0 aliphatic carbocycles. The summed E-state index contributed by atoms with van der Waals surface area (Å²) in [6.45, 7) is 5.12. The van der Waals surface area contributed by atoms with Crippen molar-refractivity contribution in [3.8, 4) is 34.4 Å². The highest BCUT2D eigenvalue weighted by Gasteiger charge is 2.11. The topological polar surface area (TPSA) is 57.4 Å². The summed E-state index contributed by atoms with van der Waals surface area (Å²) in [5.74, 6) is 2.48. The van der Waals surface area contributed by atoms with Gasteiger partial charge in [0.15, 0.2) is 0 Å². The summed E-state index contributed by atoms with van der Waals surface area (Å²) < 4.78 is 16.8. The first kappa shape index (κ1) is 15.1. The van der Waals surface area contributed by atoms with E-state index in [9.17, 15) is 0 Å². The monoisotopic (exact) mass is 310 g/mol. The number of hydrogen-bond acceptors (Lipinski definition) is 5. The van der Waals surface area contributed by atoms with Gasteiger partial charge in [0, 0.05) is 11.1 Å². The molecule has 0 spiro atoms. The van der Waals surface area contributed by atoms with Crippen LogP contribution in [0.1, 0.15) is 13.8 Å². The van der Waals surface area contributed by atoms with Gasteiger partial charge < -0.3 is 13.9 Å². The van der Waals surface area contributed by atoms with Gasteiger partial charge in [0.2, 0.25) is 11.8 Å². The standard InChI is InChI=1S/C18H18N2O3/c1-3-21-15-9-5-7-13(11-15)17-19-20-18(23-17)14-8-6-10-16(12-14)22-4-2/h5-12H,3-4H2,1-2H3. The highest BCUT2D eigenvalue weighted by Crippen LogP contribution is 2.28. The van der Waals surface area contributed by atoms with E-state index in [4.69, 9.17) is 13.9 Å². The Morgan fingerprint density at radius 3 is 1.70 bits per heavy atom. The first-order valence-electron chi connectivity index (χ1n) is 7.60. The predicted octanol–water partition coefficient (Wildman–Crippen LogP) is 4.20. The number of hydrogen-bond donors (Lipinski definition) is 0. The molecule has 0 saturated carbocycles. The van der Waals surface area contributed by atoms with Crippen LogP contribution < -0.4 is 9.47 Å². The smallest absolute Gasteiger partial charge is 0.248 e. The fourth-order valence-electron chi connectivity index (χ4n) is 2.23. The molecule has 0 aliphatic rings. The normalized spacial score (nSPS) is 10.5. The van der Waals surface area contributed by atoms with Crippen molar-refractivity contribution >= 4 is 0 Å². The van der Waals surface area contributed by atoms with Gasteiger partial charge >= 0.3 is 0 Å². The quantitative estimate of drug-likeness (QED) is 0.683. The predicted molar refractivity (Wildman–Crippen MR) is 87.5 cm³/mol. The van der Waals surface area contributed by atoms with E-state index in [1.54, 1.807) is 0 Å². The van der Waals surface area contributed by atoms with Crippen LogP contribution in [0, 0.1) is 0 Å². The zero-order chi connectivity index (χ0) is 16.1. The molecule has 0 amide bonds. The zero-order valence-electron chi connectivity index (χ0n) is 13.2. The Kier molecular flexibility index (Phi) is 4.57. The molecule has 0 bridgehead atoms. The van der Waals surface area contributed by atoms with Crippen molar-refractivity contribution in [1.82, 2.24) is 10.2 Å². The Morgan fingerprint density at radius 1 is 0.783 bits per heavy atom. The van der Waals surface area contributed by atoms with Crippen LogP contribution in [0.15, 0.2) is 52.9 Å². The van der Waals surface area contributed by atoms with Crippen LogP contribution in [0.2, 0.25) is 0 Å². The minimum absolute atomic E-state index is 0.461. The molecule has 3 aromatic rings. The molecule has 0 radical (unpaired) electrons. The third-order valence-electron chi connectivity index (χ3n) is 3.21. The van der Waals surface area contributed by atoms with E-state index in [1.165, 1.54) is 0 Å². The fraction of sp³-hybridized carbons (Fsp3) is 0.222. The largest absolute Gasteiger partial charge is 0.494 e. The molecule has 118 valence electrons. The van der Waals surface area contributed by atoms with Crippen LogP contribution in [-0.2, 0) is 0 Å². The molecule has 0 N–H and O–H groups in total. The van der Waals surface area contributed by atoms with Gasteiger partial charge in [-0.1, -0.05) is 12.1 Å². The Balaban J connectivity index is 1.88. The summed E-state index contributed by atoms with van der Waals surface area (Å²) in [6, 6.07) is 15.2. The second-order valence-corrected chi connectivity index (χ2v) is 4.83. The first-order valence-corrected chi connectivity index (χ1v) is 7.60. The third kappa shape index (κ3) is 3.51. The van der Waals surface area contributed by atoms with E-state index >= 15 is 0 Å². The van der Waals surface area contributed by atoms with Crippen molar-refractivity contribution in [2.75, 3.05) is 13.2 Å². The number of benzene rings is 2. The molecule has 5 heteroatoms. The van der Waals surface area contributed by atoms with Crippen LogP contribution in [0.4, 0.5) is 0 Å². The molecular formula is C18H18N2O3. The van der Waals surface area contributed by atoms with Crippen LogP contribution in [0.3, 0.4) is 0 Å². The van der Waals surface area contributed by atoms with Gasteiger partial charge in [-0.2, -0.15) is 0 Å². The van der Waals surface area contributed by atoms with E-state index in [-0.39, 0.29) is 0 Å². The fourth-order valence-corrected chi connectivity index (χ4v) is 2.23. The Hall–Kier alpha value is -2.82. The van der Waals surface area contributed by atoms with Crippen LogP contribution in [0.5, 0.6) is 11.5 Å². The van der Waals surface area contributed by atoms with Crippen LogP contribution in [0.25, 0.3) is 22.9 Å². The summed E-state index contributed by atoms with van der Waals surface area (Å²) in [5.41, 5.74) is 1.66. The molecule has 0 aliphatic heterocycles. The van der Waals surface area contributed by atoms with Crippen molar-refractivity contribution < 1.29 is 13.9 Å². The lowest BCUT2D eigenvalue weighted by molar-refractivity contribution is 0.340. The van der Waals surface area contributed by atoms with Gasteiger partial charge in [-0.05, 0) is 50.2 Å². The lowest BCUT2D eigenvalue weighted by Crippen LogP contribution is -1.91. The maximum absolute atomic E-state index is 5.79. The van der Waals surface area contributed by atoms with E-state index < -0.39 is 0 Å². The molecule has 23 heavy (non-hydrogen) atoms. The maximum Gasteiger partial charge on any atom is 0.248 e. The van der Waals surface area contributed by atoms with Crippen LogP contribution >= 0.6 is 0 Å². The zero-order valence-corrected chi connectivity index (χ0v) is 13.2. The second kappa shape index (κ2) is 6.96. The molecule has 1 heterocycles. The SMILES string of the molecule is CCOc1cccc(-c2nnc(-c3cccc(OCC)c3)o2)c1. The molecular weight excluding hydrogens is 292 g/mol. The molecule has 5 nitrogen and oxygen atoms in total. The maximum atomic E-state index is 5.79. The first-order chi connectivity index (χ1) is 11.3. The Labute approximate surface area is 134 Å². The Bertz CT molecular complexity index is 719. The van der Waals surface area contributed by atoms with Crippen molar-refractivity contribution in [1.29, 1.82) is 0 Å². The number of rotatable bonds is 6. The highest BCUT2D eigenvalue weighted by molar-refractivity contribution is 5.60. The number of nitrogens with zero attached hydrogens (tertiary/aromatic N) is 2. The Morgan fingerprint density at radius 2 is 1.26 bits per heavy atom. The lowest BCUT2D eigenvalue weighted by atomic mass is 10.2. The van der Waals surface area contributed by atoms with Gasteiger partial charge in [0.25, 0.3) is 0 Å². The van der Waals surface area contributed by atoms with Crippen molar-refractivity contribution in [2.45, 2.75) is 13.8 Å². The van der Waals surface area contributed by atoms with E-state index in [0.717, 1.165) is 22.6 Å². The second-order valence-electron chi connectivity index (χ2n) is 4.83. The molecule has 2 aromatic carbocycles. The van der Waals surface area contributed by atoms with Gasteiger partial charge in [0.1, 0.15) is 11.5 Å². The lowest BCUT2D eigenvalue weighted by Gasteiger charge is -2.04. The number of aromatic nitrogens is 2. The summed E-state index contributed by atoms with van der Waals surface area (Å²) in [4.78, 5) is 0. The summed E-state index contributed by atoms with van der Waals surface area (Å²) in [5, 5.41) is 8.25. The van der Waals surface area contributed by atoms with Gasteiger partial charge in [-0.3, -0.25) is 0 Å². The average Bonchev–Trinajstić information content (AvgIpc) is 3.06. The van der Waals surface area contributed by atoms with E-state index in [1.807, 2.05) is 62.4 Å². The molecule has 1 aromatic heterocycles. The summed E-state index contributed by atoms with van der Waals surface area (Å²) in [6.07, 6.45) is 0. The van der Waals surface area contributed by atoms with Crippen molar-refractivity contribution in [2.24, 2.45) is 0 Å². The minimum atomic E-state index is 0.461. The minimum Gasteiger partial charge on any atom is -0.494 e. The molecule has 0 atom stereocenters. The summed E-state index contributed by atoms with van der Waals surface area (Å²) >= 11 is 0. The number of ether oxygens (including phenoxy) is 2. The van der Waals surface area contributed by atoms with E-state index in [2.05, 4.69) is 10.2 Å². The van der Waals surface area contributed by atoms with Crippen LogP contribution in [-0.4, -0.2) is 23.4 Å². The van der Waals surface area contributed by atoms with E-state index in [0.29, 0.717) is 25.0 Å². The van der Waals surface area contributed by atoms with Gasteiger partial charge in [-0.25, -0.2) is 0 Å².